The number of rotatable bonds is 8. The van der Waals surface area contributed by atoms with Crippen molar-refractivity contribution in [2.24, 2.45) is 0 Å². The second-order valence-corrected chi connectivity index (χ2v) is 15.0. The average Bonchev–Trinajstić information content (AvgIpc) is 3.45. The molecule has 49 heavy (non-hydrogen) atoms. The Morgan fingerprint density at radius 1 is 0.816 bits per heavy atom. The number of allylic oxidation sites excluding steroid dienone is 8. The highest BCUT2D eigenvalue weighted by Crippen LogP contribution is 2.51. The first kappa shape index (κ1) is 32.8. The van der Waals surface area contributed by atoms with Crippen molar-refractivity contribution in [2.75, 3.05) is 25.5 Å². The fourth-order valence-corrected chi connectivity index (χ4v) is 8.66. The Balaban J connectivity index is 1.19. The van der Waals surface area contributed by atoms with Crippen LogP contribution < -0.4 is 10.2 Å². The molecule has 0 spiro atoms. The molecule has 1 N–H and O–H groups in total. The number of anilines is 1. The molecule has 4 nitrogen and oxygen atoms in total. The number of amides is 1. The number of fused-ring (bicyclic) bond motifs is 6. The summed E-state index contributed by atoms with van der Waals surface area (Å²) in [7, 11) is 3.93. The maximum atomic E-state index is 11.9. The molecule has 250 valence electrons. The Morgan fingerprint density at radius 3 is 2.24 bits per heavy atom. The smallest absolute Gasteiger partial charge is 0.219 e. The van der Waals surface area contributed by atoms with E-state index in [0.29, 0.717) is 6.42 Å². The monoisotopic (exact) mass is 648 g/mol. The number of carbonyl (C=O) groups excluding carboxylic acids is 1. The normalized spacial score (nSPS) is 19.7. The van der Waals surface area contributed by atoms with Gasteiger partial charge in [0.1, 0.15) is 7.05 Å². The van der Waals surface area contributed by atoms with Crippen molar-refractivity contribution in [1.29, 1.82) is 0 Å². The number of nitrogens with zero attached hydrogens (tertiary/aromatic N) is 2. The molecule has 0 atom stereocenters. The van der Waals surface area contributed by atoms with Gasteiger partial charge in [0.25, 0.3) is 0 Å². The first-order valence-electron chi connectivity index (χ1n) is 18.0. The third kappa shape index (κ3) is 5.86. The zero-order chi connectivity index (χ0) is 34.3. The van der Waals surface area contributed by atoms with Crippen LogP contribution in [0.4, 0.5) is 11.4 Å². The highest BCUT2D eigenvalue weighted by Gasteiger charge is 2.44. The number of nitrogens with one attached hydrogen (secondary N) is 1. The van der Waals surface area contributed by atoms with Crippen LogP contribution in [0.15, 0.2) is 120 Å². The second-order valence-electron chi connectivity index (χ2n) is 15.0. The summed E-state index contributed by atoms with van der Waals surface area (Å²) in [6.07, 6.45) is 17.6. The molecule has 0 saturated carbocycles. The zero-order valence-corrected chi connectivity index (χ0v) is 30.1. The summed E-state index contributed by atoms with van der Waals surface area (Å²) in [5.41, 5.74) is 10.6. The topological polar surface area (TPSA) is 35.4 Å². The molecule has 0 fully saturated rings. The van der Waals surface area contributed by atoms with Gasteiger partial charge in [0.15, 0.2) is 5.71 Å². The molecule has 4 heteroatoms. The summed E-state index contributed by atoms with van der Waals surface area (Å²) in [4.78, 5) is 14.5. The molecule has 0 unspecified atom stereocenters. The lowest BCUT2D eigenvalue weighted by Gasteiger charge is -2.27. The number of hydrogen-bond donors (Lipinski definition) is 1. The van der Waals surface area contributed by atoms with Gasteiger partial charge >= 0.3 is 0 Å². The van der Waals surface area contributed by atoms with Crippen molar-refractivity contribution >= 4 is 44.5 Å². The molecule has 4 aromatic carbocycles. The summed E-state index contributed by atoms with van der Waals surface area (Å²) in [6, 6.07) is 26.6. The van der Waals surface area contributed by atoms with Crippen LogP contribution in [0, 0.1) is 0 Å². The summed E-state index contributed by atoms with van der Waals surface area (Å²) in [6.45, 7) is 10.4. The van der Waals surface area contributed by atoms with Crippen LogP contribution in [0.2, 0.25) is 0 Å². The van der Waals surface area contributed by atoms with E-state index in [0.717, 1.165) is 38.6 Å². The van der Waals surface area contributed by atoms with E-state index in [1.54, 1.807) is 7.05 Å². The standard InChI is InChI=1S/C45H49N3O/c1-44(2)39(47(6)37-25-23-33-16-7-9-18-35(33)42(37)44)27-21-31-14-13-15-32(30-31)22-28-40-45(3,4)43-36-19-10-8-17-34(36)24-26-38(43)48(40)29-12-11-20-41(49)46-5/h7-10,16-19,21-28,30H,11-15,20,29H2,1-6H3/p+1. The second kappa shape index (κ2) is 13.0. The van der Waals surface area contributed by atoms with Crippen LogP contribution in [-0.4, -0.2) is 36.8 Å². The zero-order valence-electron chi connectivity index (χ0n) is 30.1. The van der Waals surface area contributed by atoms with Gasteiger partial charge in [0, 0.05) is 54.5 Å². The van der Waals surface area contributed by atoms with E-state index in [-0.39, 0.29) is 16.7 Å². The van der Waals surface area contributed by atoms with Crippen LogP contribution >= 0.6 is 0 Å². The largest absolute Gasteiger partial charge is 0.359 e. The highest BCUT2D eigenvalue weighted by atomic mass is 16.1. The lowest BCUT2D eigenvalue weighted by molar-refractivity contribution is -0.401. The van der Waals surface area contributed by atoms with Crippen molar-refractivity contribution < 1.29 is 9.37 Å². The fourth-order valence-electron chi connectivity index (χ4n) is 8.66. The van der Waals surface area contributed by atoms with E-state index >= 15 is 0 Å². The number of benzene rings is 4. The van der Waals surface area contributed by atoms with E-state index < -0.39 is 0 Å². The third-order valence-corrected chi connectivity index (χ3v) is 11.2. The fraction of sp³-hybridized carbons (Fsp3) is 0.333. The molecule has 3 aliphatic rings. The van der Waals surface area contributed by atoms with E-state index in [1.165, 1.54) is 66.6 Å². The SMILES string of the molecule is CNC(=O)CCCCN1/C(=C/C=C2C=C(/C=C/C3=[N+](C)c4ccc5ccccc5c4C3(C)C)CCC/2)C(C)(C)c2c1ccc1ccccc21. The van der Waals surface area contributed by atoms with E-state index in [9.17, 15) is 4.79 Å². The Morgan fingerprint density at radius 2 is 1.51 bits per heavy atom. The van der Waals surface area contributed by atoms with Gasteiger partial charge in [0.05, 0.1) is 5.41 Å². The van der Waals surface area contributed by atoms with Crippen molar-refractivity contribution in [3.05, 3.63) is 131 Å². The summed E-state index contributed by atoms with van der Waals surface area (Å²) >= 11 is 0. The molecule has 0 aromatic heterocycles. The third-order valence-electron chi connectivity index (χ3n) is 11.2. The molecule has 0 radical (unpaired) electrons. The maximum absolute atomic E-state index is 11.9. The number of carbonyl (C=O) groups is 1. The Kier molecular flexibility index (Phi) is 8.69. The van der Waals surface area contributed by atoms with Crippen LogP contribution in [0.1, 0.15) is 77.3 Å². The molecule has 1 amide bonds. The van der Waals surface area contributed by atoms with Gasteiger partial charge in [-0.2, -0.15) is 4.58 Å². The van der Waals surface area contributed by atoms with Crippen LogP contribution in [-0.2, 0) is 15.6 Å². The summed E-state index contributed by atoms with van der Waals surface area (Å²) in [5, 5.41) is 8.03. The minimum atomic E-state index is -0.149. The van der Waals surface area contributed by atoms with Crippen molar-refractivity contribution in [2.45, 2.75) is 77.0 Å². The van der Waals surface area contributed by atoms with Crippen LogP contribution in [0.25, 0.3) is 21.5 Å². The van der Waals surface area contributed by atoms with Gasteiger partial charge < -0.3 is 10.2 Å². The van der Waals surface area contributed by atoms with Gasteiger partial charge in [0.2, 0.25) is 11.6 Å². The Hall–Kier alpha value is -4.70. The number of unbranched alkanes of at least 4 members (excludes halogenated alkanes) is 1. The van der Waals surface area contributed by atoms with E-state index in [1.807, 2.05) is 0 Å². The Bertz CT molecular complexity index is 2120. The van der Waals surface area contributed by atoms with Crippen molar-refractivity contribution in [3.63, 3.8) is 0 Å². The van der Waals surface area contributed by atoms with Gasteiger partial charge in [-0.1, -0.05) is 86.7 Å². The first-order chi connectivity index (χ1) is 23.6. The van der Waals surface area contributed by atoms with E-state index in [2.05, 4.69) is 153 Å². The van der Waals surface area contributed by atoms with E-state index in [4.69, 9.17) is 0 Å². The summed E-state index contributed by atoms with van der Waals surface area (Å²) < 4.78 is 2.38. The predicted octanol–water partition coefficient (Wildman–Crippen LogP) is 10.2. The molecule has 2 aliphatic heterocycles. The van der Waals surface area contributed by atoms with Gasteiger partial charge in [-0.3, -0.25) is 4.79 Å². The highest BCUT2D eigenvalue weighted by molar-refractivity contribution is 6.07. The molecular formula is C45H50N3O+. The maximum Gasteiger partial charge on any atom is 0.219 e. The van der Waals surface area contributed by atoms with Gasteiger partial charge in [-0.15, -0.1) is 0 Å². The number of hydrogen-bond acceptors (Lipinski definition) is 2. The Labute approximate surface area is 292 Å². The average molecular weight is 649 g/mol. The molecule has 7 rings (SSSR count). The lowest BCUT2D eigenvalue weighted by atomic mass is 9.79. The van der Waals surface area contributed by atoms with Gasteiger partial charge in [-0.25, -0.2) is 0 Å². The molecule has 4 aromatic rings. The molecular weight excluding hydrogens is 599 g/mol. The van der Waals surface area contributed by atoms with Crippen molar-refractivity contribution in [3.8, 4) is 0 Å². The van der Waals surface area contributed by atoms with Crippen LogP contribution in [0.3, 0.4) is 0 Å². The first-order valence-corrected chi connectivity index (χ1v) is 18.0. The molecule has 0 saturated heterocycles. The molecule has 2 heterocycles. The predicted molar refractivity (Wildman–Crippen MR) is 207 cm³/mol. The summed E-state index contributed by atoms with van der Waals surface area (Å²) in [5.74, 6) is 0.113. The lowest BCUT2D eigenvalue weighted by Crippen LogP contribution is -2.27. The minimum absolute atomic E-state index is 0.0865. The van der Waals surface area contributed by atoms with Crippen LogP contribution in [0.5, 0.6) is 0 Å². The molecule has 0 bridgehead atoms. The quantitative estimate of drug-likeness (QED) is 0.152. The van der Waals surface area contributed by atoms with Gasteiger partial charge in [-0.05, 0) is 102 Å². The molecule has 1 aliphatic carbocycles. The minimum Gasteiger partial charge on any atom is -0.359 e. The van der Waals surface area contributed by atoms with Crippen molar-refractivity contribution in [1.82, 2.24) is 5.32 Å².